The Morgan fingerprint density at radius 1 is 1.33 bits per heavy atom. The predicted molar refractivity (Wildman–Crippen MR) is 91.8 cm³/mol. The number of carbonyl (C=O) groups is 1. The first kappa shape index (κ1) is 16.2. The minimum atomic E-state index is -0.144. The molecule has 1 spiro atoms. The van der Waals surface area contributed by atoms with Crippen molar-refractivity contribution in [1.29, 1.82) is 0 Å². The van der Waals surface area contributed by atoms with Gasteiger partial charge in [0.15, 0.2) is 0 Å². The second-order valence-electron chi connectivity index (χ2n) is 7.10. The summed E-state index contributed by atoms with van der Waals surface area (Å²) in [7, 11) is 1.57. The number of ether oxygens (including phenoxy) is 2. The number of carbonyl (C=O) groups excluding carboxylic acids is 1. The van der Waals surface area contributed by atoms with E-state index < -0.39 is 0 Å². The van der Waals surface area contributed by atoms with Gasteiger partial charge in [-0.05, 0) is 50.6 Å². The average molecular weight is 351 g/mol. The van der Waals surface area contributed by atoms with Crippen LogP contribution in [-0.2, 0) is 4.74 Å². The Morgan fingerprint density at radius 3 is 2.79 bits per heavy atom. The molecule has 1 aromatic carbocycles. The van der Waals surface area contributed by atoms with Crippen molar-refractivity contribution in [1.82, 2.24) is 9.80 Å². The van der Waals surface area contributed by atoms with Gasteiger partial charge in [-0.25, -0.2) is 0 Å². The minimum absolute atomic E-state index is 0.0341. The number of methoxy groups -OCH3 is 1. The molecule has 3 fully saturated rings. The molecule has 3 aliphatic rings. The molecule has 4 rings (SSSR count). The zero-order valence-corrected chi connectivity index (χ0v) is 14.7. The smallest absolute Gasteiger partial charge is 0.257 e. The van der Waals surface area contributed by atoms with E-state index in [9.17, 15) is 4.79 Å². The van der Waals surface area contributed by atoms with E-state index >= 15 is 0 Å². The van der Waals surface area contributed by atoms with Crippen LogP contribution in [-0.4, -0.2) is 67.2 Å². The summed E-state index contributed by atoms with van der Waals surface area (Å²) < 4.78 is 11.4. The van der Waals surface area contributed by atoms with Crippen LogP contribution >= 0.6 is 11.6 Å². The van der Waals surface area contributed by atoms with E-state index in [0.29, 0.717) is 35.5 Å². The van der Waals surface area contributed by atoms with Crippen molar-refractivity contribution >= 4 is 17.5 Å². The predicted octanol–water partition coefficient (Wildman–Crippen LogP) is 2.43. The third-order valence-corrected chi connectivity index (χ3v) is 5.72. The lowest BCUT2D eigenvalue weighted by atomic mass is 9.88. The molecule has 6 heteroatoms. The van der Waals surface area contributed by atoms with E-state index in [1.54, 1.807) is 25.3 Å². The maximum Gasteiger partial charge on any atom is 0.257 e. The van der Waals surface area contributed by atoms with E-state index in [4.69, 9.17) is 21.1 Å². The molecule has 1 aromatic rings. The first-order valence-electron chi connectivity index (χ1n) is 8.61. The molecule has 0 aliphatic carbocycles. The SMILES string of the molecule is COc1ccc(Cl)cc1C(=O)N1CC2(CC(N3CCCC3)CO2)C1. The van der Waals surface area contributed by atoms with E-state index in [0.717, 1.165) is 13.0 Å². The van der Waals surface area contributed by atoms with E-state index in [1.807, 2.05) is 4.90 Å². The summed E-state index contributed by atoms with van der Waals surface area (Å²) in [5.41, 5.74) is 0.378. The first-order chi connectivity index (χ1) is 11.6. The monoisotopic (exact) mass is 350 g/mol. The number of halogens is 1. The summed E-state index contributed by atoms with van der Waals surface area (Å²) in [6.45, 7) is 4.49. The van der Waals surface area contributed by atoms with Crippen LogP contribution < -0.4 is 4.74 Å². The second-order valence-corrected chi connectivity index (χ2v) is 7.54. The second kappa shape index (κ2) is 6.21. The van der Waals surface area contributed by atoms with Crippen molar-refractivity contribution in [2.24, 2.45) is 0 Å². The number of benzene rings is 1. The third kappa shape index (κ3) is 2.79. The van der Waals surface area contributed by atoms with Gasteiger partial charge in [0.05, 0.1) is 32.4 Å². The Kier molecular flexibility index (Phi) is 4.19. The van der Waals surface area contributed by atoms with Gasteiger partial charge in [-0.2, -0.15) is 0 Å². The van der Waals surface area contributed by atoms with Crippen molar-refractivity contribution in [2.45, 2.75) is 30.9 Å². The Hall–Kier alpha value is -1.30. The fraction of sp³-hybridized carbons (Fsp3) is 0.611. The highest BCUT2D eigenvalue weighted by Gasteiger charge is 2.52. The van der Waals surface area contributed by atoms with Gasteiger partial charge in [0.2, 0.25) is 0 Å². The molecule has 1 unspecified atom stereocenters. The minimum Gasteiger partial charge on any atom is -0.496 e. The van der Waals surface area contributed by atoms with Crippen molar-refractivity contribution in [3.05, 3.63) is 28.8 Å². The summed E-state index contributed by atoms with van der Waals surface area (Å²) in [5, 5.41) is 0.542. The largest absolute Gasteiger partial charge is 0.496 e. The molecule has 5 nitrogen and oxygen atoms in total. The molecular formula is C18H23ClN2O3. The molecule has 1 amide bonds. The summed E-state index contributed by atoms with van der Waals surface area (Å²) in [6.07, 6.45) is 3.62. The lowest BCUT2D eigenvalue weighted by molar-refractivity contribution is -0.0951. The molecule has 130 valence electrons. The third-order valence-electron chi connectivity index (χ3n) is 5.48. The standard InChI is InChI=1S/C18H23ClN2O3/c1-23-16-5-4-13(19)8-15(16)17(22)21-11-18(12-21)9-14(10-24-18)20-6-2-3-7-20/h4-5,8,14H,2-3,6-7,9-12H2,1H3. The van der Waals surface area contributed by atoms with Crippen LogP contribution in [0.4, 0.5) is 0 Å². The zero-order valence-electron chi connectivity index (χ0n) is 14.0. The van der Waals surface area contributed by atoms with Gasteiger partial charge in [-0.15, -0.1) is 0 Å². The zero-order chi connectivity index (χ0) is 16.7. The van der Waals surface area contributed by atoms with Gasteiger partial charge in [0.25, 0.3) is 5.91 Å². The van der Waals surface area contributed by atoms with Gasteiger partial charge in [0.1, 0.15) is 11.4 Å². The maximum atomic E-state index is 12.8. The Bertz CT molecular complexity index is 639. The fourth-order valence-corrected chi connectivity index (χ4v) is 4.36. The van der Waals surface area contributed by atoms with E-state index in [-0.39, 0.29) is 11.5 Å². The summed E-state index contributed by atoms with van der Waals surface area (Å²) in [4.78, 5) is 17.1. The van der Waals surface area contributed by atoms with Crippen LogP contribution in [0.15, 0.2) is 18.2 Å². The number of nitrogens with zero attached hydrogens (tertiary/aromatic N) is 2. The summed E-state index contributed by atoms with van der Waals surface area (Å²) in [5.74, 6) is 0.529. The first-order valence-corrected chi connectivity index (χ1v) is 8.99. The Balaban J connectivity index is 1.40. The molecule has 0 bridgehead atoms. The molecule has 0 N–H and O–H groups in total. The van der Waals surface area contributed by atoms with Crippen LogP contribution in [0.25, 0.3) is 0 Å². The normalized spacial score (nSPS) is 25.9. The number of likely N-dealkylation sites (tertiary alicyclic amines) is 2. The molecule has 0 saturated carbocycles. The summed E-state index contributed by atoms with van der Waals surface area (Å²) >= 11 is 6.04. The number of rotatable bonds is 3. The average Bonchev–Trinajstić information content (AvgIpc) is 3.22. The van der Waals surface area contributed by atoms with E-state index in [2.05, 4.69) is 4.90 Å². The summed E-state index contributed by atoms with van der Waals surface area (Å²) in [6, 6.07) is 5.66. The van der Waals surface area contributed by atoms with Gasteiger partial charge < -0.3 is 14.4 Å². The Labute approximate surface area is 147 Å². The molecular weight excluding hydrogens is 328 g/mol. The van der Waals surface area contributed by atoms with Crippen molar-refractivity contribution in [2.75, 3.05) is 39.9 Å². The number of amides is 1. The highest BCUT2D eigenvalue weighted by atomic mass is 35.5. The quantitative estimate of drug-likeness (QED) is 0.839. The molecule has 24 heavy (non-hydrogen) atoms. The molecule has 0 aromatic heterocycles. The Morgan fingerprint density at radius 2 is 2.08 bits per heavy atom. The molecule has 3 heterocycles. The van der Waals surface area contributed by atoms with Gasteiger partial charge in [-0.3, -0.25) is 9.69 Å². The maximum absolute atomic E-state index is 12.8. The molecule has 1 atom stereocenters. The molecule has 3 saturated heterocycles. The van der Waals surface area contributed by atoms with Gasteiger partial charge in [-0.1, -0.05) is 11.6 Å². The van der Waals surface area contributed by atoms with Crippen LogP contribution in [0.1, 0.15) is 29.6 Å². The van der Waals surface area contributed by atoms with E-state index in [1.165, 1.54) is 25.9 Å². The molecule has 3 aliphatic heterocycles. The lowest BCUT2D eigenvalue weighted by Crippen LogP contribution is -2.63. The van der Waals surface area contributed by atoms with Crippen molar-refractivity contribution in [3.63, 3.8) is 0 Å². The number of hydrogen-bond donors (Lipinski definition) is 0. The fourth-order valence-electron chi connectivity index (χ4n) is 4.19. The topological polar surface area (TPSA) is 42.0 Å². The van der Waals surface area contributed by atoms with Gasteiger partial charge in [0, 0.05) is 11.1 Å². The van der Waals surface area contributed by atoms with Crippen molar-refractivity contribution < 1.29 is 14.3 Å². The highest BCUT2D eigenvalue weighted by Crippen LogP contribution is 2.39. The van der Waals surface area contributed by atoms with Crippen molar-refractivity contribution in [3.8, 4) is 5.75 Å². The van der Waals surface area contributed by atoms with Crippen LogP contribution in [0.5, 0.6) is 5.75 Å². The lowest BCUT2D eigenvalue weighted by Gasteiger charge is -2.47. The highest BCUT2D eigenvalue weighted by molar-refractivity contribution is 6.31. The van der Waals surface area contributed by atoms with Crippen LogP contribution in [0, 0.1) is 0 Å². The molecule has 0 radical (unpaired) electrons. The number of hydrogen-bond acceptors (Lipinski definition) is 4. The van der Waals surface area contributed by atoms with Crippen LogP contribution in [0.2, 0.25) is 5.02 Å². The van der Waals surface area contributed by atoms with Gasteiger partial charge >= 0.3 is 0 Å². The van der Waals surface area contributed by atoms with Crippen LogP contribution in [0.3, 0.4) is 0 Å².